The Hall–Kier alpha value is -7.37. The summed E-state index contributed by atoms with van der Waals surface area (Å²) in [6.45, 7) is 0. The molecule has 0 unspecified atom stereocenters. The summed E-state index contributed by atoms with van der Waals surface area (Å²) in [6.07, 6.45) is 0. The van der Waals surface area contributed by atoms with Gasteiger partial charge in [-0.05, 0) is 47.9 Å². The van der Waals surface area contributed by atoms with E-state index in [4.69, 9.17) is 15.0 Å². The van der Waals surface area contributed by atoms with Gasteiger partial charge >= 0.3 is 0 Å². The van der Waals surface area contributed by atoms with Crippen LogP contribution in [0.1, 0.15) is 0 Å². The van der Waals surface area contributed by atoms with Crippen molar-refractivity contribution in [2.24, 2.45) is 0 Å². The zero-order valence-electron chi connectivity index (χ0n) is 29.1. The van der Waals surface area contributed by atoms with Crippen LogP contribution in [0.2, 0.25) is 0 Å². The number of hydrogen-bond donors (Lipinski definition) is 0. The molecule has 0 saturated carbocycles. The highest BCUT2D eigenvalue weighted by atomic mass is 15.0. The van der Waals surface area contributed by atoms with Crippen LogP contribution in [-0.2, 0) is 0 Å². The Kier molecular flexibility index (Phi) is 6.79. The molecule has 8 aromatic carbocycles. The molecule has 54 heavy (non-hydrogen) atoms. The van der Waals surface area contributed by atoms with Crippen LogP contribution in [0.3, 0.4) is 0 Å². The van der Waals surface area contributed by atoms with Gasteiger partial charge in [0, 0.05) is 55.0 Å². The Bertz CT molecular complexity index is 3210. The molecule has 0 bridgehead atoms. The van der Waals surface area contributed by atoms with Gasteiger partial charge in [0.15, 0.2) is 17.5 Å². The summed E-state index contributed by atoms with van der Waals surface area (Å²) in [7, 11) is 0. The summed E-state index contributed by atoms with van der Waals surface area (Å²) in [5.74, 6) is 1.89. The van der Waals surface area contributed by atoms with Crippen LogP contribution in [0.25, 0.3) is 99.9 Å². The Morgan fingerprint density at radius 1 is 0.333 bits per heavy atom. The third kappa shape index (κ3) is 4.69. The van der Waals surface area contributed by atoms with Crippen molar-refractivity contribution in [3.63, 3.8) is 0 Å². The van der Waals surface area contributed by atoms with Crippen molar-refractivity contribution < 1.29 is 0 Å². The quantitative estimate of drug-likeness (QED) is 0.181. The van der Waals surface area contributed by atoms with Crippen LogP contribution in [0.4, 0.5) is 0 Å². The third-order valence-electron chi connectivity index (χ3n) is 10.5. The van der Waals surface area contributed by atoms with Gasteiger partial charge in [0.2, 0.25) is 0 Å². The predicted molar refractivity (Wildman–Crippen MR) is 222 cm³/mol. The Balaban J connectivity index is 1.16. The average Bonchev–Trinajstić information content (AvgIpc) is 3.78. The highest BCUT2D eigenvalue weighted by Crippen LogP contribution is 2.40. The van der Waals surface area contributed by atoms with Gasteiger partial charge in [-0.3, -0.25) is 0 Å². The molecule has 0 N–H and O–H groups in total. The van der Waals surface area contributed by atoms with E-state index in [9.17, 15) is 0 Å². The second kappa shape index (κ2) is 12.1. The van der Waals surface area contributed by atoms with E-state index < -0.39 is 0 Å². The molecular formula is C49H31N5. The molecule has 0 fully saturated rings. The minimum Gasteiger partial charge on any atom is -0.309 e. The van der Waals surface area contributed by atoms with E-state index in [1.54, 1.807) is 0 Å². The molecule has 0 amide bonds. The molecule has 0 radical (unpaired) electrons. The largest absolute Gasteiger partial charge is 0.309 e. The molecule has 0 saturated heterocycles. The lowest BCUT2D eigenvalue weighted by Gasteiger charge is -2.13. The van der Waals surface area contributed by atoms with Crippen molar-refractivity contribution in [1.82, 2.24) is 24.1 Å². The predicted octanol–water partition coefficient (Wildman–Crippen LogP) is 12.2. The molecule has 3 heterocycles. The molecule has 0 aliphatic heterocycles. The van der Waals surface area contributed by atoms with E-state index in [1.807, 2.05) is 18.2 Å². The van der Waals surface area contributed by atoms with Gasteiger partial charge in [0.05, 0.1) is 22.1 Å². The maximum atomic E-state index is 5.29. The van der Waals surface area contributed by atoms with Crippen LogP contribution >= 0.6 is 0 Å². The third-order valence-corrected chi connectivity index (χ3v) is 10.5. The summed E-state index contributed by atoms with van der Waals surface area (Å²) in [4.78, 5) is 15.6. The molecule has 252 valence electrons. The van der Waals surface area contributed by atoms with Crippen molar-refractivity contribution in [2.75, 3.05) is 0 Å². The topological polar surface area (TPSA) is 48.5 Å². The Morgan fingerprint density at radius 2 is 0.907 bits per heavy atom. The Morgan fingerprint density at radius 3 is 1.72 bits per heavy atom. The molecule has 0 spiro atoms. The lowest BCUT2D eigenvalue weighted by molar-refractivity contribution is 1.07. The first-order chi connectivity index (χ1) is 26.8. The van der Waals surface area contributed by atoms with Crippen molar-refractivity contribution in [1.29, 1.82) is 0 Å². The van der Waals surface area contributed by atoms with Crippen LogP contribution in [-0.4, -0.2) is 24.1 Å². The van der Waals surface area contributed by atoms with Crippen LogP contribution < -0.4 is 0 Å². The van der Waals surface area contributed by atoms with E-state index in [-0.39, 0.29) is 0 Å². The van der Waals surface area contributed by atoms with Gasteiger partial charge in [0.1, 0.15) is 0 Å². The van der Waals surface area contributed by atoms with Gasteiger partial charge in [-0.15, -0.1) is 0 Å². The van der Waals surface area contributed by atoms with Crippen molar-refractivity contribution in [3.05, 3.63) is 188 Å². The molecule has 11 aromatic rings. The number of nitrogens with zero attached hydrogens (tertiary/aromatic N) is 5. The Labute approximate surface area is 311 Å². The van der Waals surface area contributed by atoms with Gasteiger partial charge in [0.25, 0.3) is 0 Å². The number of fused-ring (bicyclic) bond motifs is 8. The van der Waals surface area contributed by atoms with Gasteiger partial charge in [-0.25, -0.2) is 15.0 Å². The number of aromatic nitrogens is 5. The fourth-order valence-electron chi connectivity index (χ4n) is 8.19. The summed E-state index contributed by atoms with van der Waals surface area (Å²) in [5, 5.41) is 7.14. The van der Waals surface area contributed by atoms with E-state index in [0.29, 0.717) is 17.5 Å². The first-order valence-corrected chi connectivity index (χ1v) is 18.2. The summed E-state index contributed by atoms with van der Waals surface area (Å²) < 4.78 is 4.71. The number of hydrogen-bond acceptors (Lipinski definition) is 3. The average molecular weight is 690 g/mol. The highest BCUT2D eigenvalue weighted by Gasteiger charge is 2.20. The summed E-state index contributed by atoms with van der Waals surface area (Å²) in [5.41, 5.74) is 9.55. The smallest absolute Gasteiger partial charge is 0.164 e. The normalized spacial score (nSPS) is 11.7. The zero-order chi connectivity index (χ0) is 35.6. The van der Waals surface area contributed by atoms with E-state index >= 15 is 0 Å². The molecule has 5 nitrogen and oxygen atoms in total. The molecule has 0 aliphatic rings. The van der Waals surface area contributed by atoms with Gasteiger partial charge < -0.3 is 9.13 Å². The molecule has 0 atom stereocenters. The fourth-order valence-corrected chi connectivity index (χ4v) is 8.19. The molecule has 11 rings (SSSR count). The van der Waals surface area contributed by atoms with Crippen LogP contribution in [0.15, 0.2) is 188 Å². The summed E-state index contributed by atoms with van der Waals surface area (Å²) in [6, 6.07) is 66.1. The van der Waals surface area contributed by atoms with E-state index in [1.165, 1.54) is 27.1 Å². The van der Waals surface area contributed by atoms with Crippen LogP contribution in [0.5, 0.6) is 0 Å². The second-order valence-corrected chi connectivity index (χ2v) is 13.6. The number of rotatable bonds is 5. The maximum absolute atomic E-state index is 5.29. The lowest BCUT2D eigenvalue weighted by atomic mass is 10.1. The second-order valence-electron chi connectivity index (χ2n) is 13.6. The van der Waals surface area contributed by atoms with Crippen molar-refractivity contribution in [2.45, 2.75) is 0 Å². The number of benzene rings is 8. The lowest BCUT2D eigenvalue weighted by Crippen LogP contribution is -2.01. The molecule has 0 aliphatic carbocycles. The first-order valence-electron chi connectivity index (χ1n) is 18.2. The van der Waals surface area contributed by atoms with Gasteiger partial charge in [-0.2, -0.15) is 0 Å². The highest BCUT2D eigenvalue weighted by molar-refractivity contribution is 6.19. The zero-order valence-corrected chi connectivity index (χ0v) is 29.1. The molecule has 3 aromatic heterocycles. The number of para-hydroxylation sites is 3. The standard InChI is InChI=1S/C49H31N5/c1-3-16-33(17-4-1)47-50-48(52-49(51-47)41-25-14-28-44-45(41)40-24-10-12-27-43(40)53(44)35-19-5-2-6-20-35)34-18-13-21-36(31-34)54-42-26-11-9-23-38(42)39-30-29-32-15-7-8-22-37(32)46(39)54/h1-31H. The minimum atomic E-state index is 0.620. The molecule has 5 heteroatoms. The monoisotopic (exact) mass is 689 g/mol. The van der Waals surface area contributed by atoms with Crippen LogP contribution in [0, 0.1) is 0 Å². The van der Waals surface area contributed by atoms with E-state index in [0.717, 1.165) is 55.4 Å². The molecular weight excluding hydrogens is 659 g/mol. The minimum absolute atomic E-state index is 0.620. The SMILES string of the molecule is c1ccc(-c2nc(-c3cccc(-n4c5ccccc5c5ccc6ccccc6c54)c3)nc(-c3cccc4c3c3ccccc3n4-c3ccccc3)n2)cc1. The van der Waals surface area contributed by atoms with Crippen molar-refractivity contribution >= 4 is 54.4 Å². The van der Waals surface area contributed by atoms with E-state index in [2.05, 4.69) is 179 Å². The summed E-state index contributed by atoms with van der Waals surface area (Å²) >= 11 is 0. The van der Waals surface area contributed by atoms with Crippen molar-refractivity contribution in [3.8, 4) is 45.5 Å². The maximum Gasteiger partial charge on any atom is 0.164 e. The van der Waals surface area contributed by atoms with Gasteiger partial charge in [-0.1, -0.05) is 146 Å². The first kappa shape index (κ1) is 30.3. The fraction of sp³-hybridized carbons (Fsp3) is 0.